The second-order valence-corrected chi connectivity index (χ2v) is 6.65. The van der Waals surface area contributed by atoms with Gasteiger partial charge in [-0.2, -0.15) is 8.78 Å². The molecule has 0 saturated heterocycles. The SMILES string of the molecule is NC(=O)Cc1ccccc1NC(=O)Cn1c(SC(F)F)nc2ccccc21. The molecule has 3 rings (SSSR count). The normalized spacial score (nSPS) is 11.1. The van der Waals surface area contributed by atoms with Crippen LogP contribution in [0.5, 0.6) is 0 Å². The number of thioether (sulfide) groups is 1. The molecule has 3 N–H and O–H groups in total. The number of benzene rings is 2. The third-order valence-electron chi connectivity index (χ3n) is 3.77. The molecule has 0 aliphatic heterocycles. The number of hydrogen-bond donors (Lipinski definition) is 2. The summed E-state index contributed by atoms with van der Waals surface area (Å²) in [6.07, 6.45) is -0.0169. The molecule has 1 aromatic heterocycles. The number of anilines is 1. The third-order valence-corrected chi connectivity index (χ3v) is 4.47. The van der Waals surface area contributed by atoms with Crippen LogP contribution in [0, 0.1) is 0 Å². The fourth-order valence-electron chi connectivity index (χ4n) is 2.69. The summed E-state index contributed by atoms with van der Waals surface area (Å²) in [6.45, 7) is -0.194. The quantitative estimate of drug-likeness (QED) is 0.607. The molecule has 0 radical (unpaired) electrons. The molecule has 0 aliphatic carbocycles. The zero-order valence-corrected chi connectivity index (χ0v) is 14.9. The lowest BCUT2D eigenvalue weighted by Gasteiger charge is -2.12. The molecule has 0 saturated carbocycles. The minimum absolute atomic E-state index is 0.0169. The van der Waals surface area contributed by atoms with Gasteiger partial charge in [-0.3, -0.25) is 9.59 Å². The number of primary amides is 1. The number of carbonyl (C=O) groups excluding carboxylic acids is 2. The first-order valence-electron chi connectivity index (χ1n) is 8.00. The van der Waals surface area contributed by atoms with Crippen molar-refractivity contribution in [2.75, 3.05) is 5.32 Å². The van der Waals surface area contributed by atoms with Gasteiger partial charge in [-0.1, -0.05) is 30.3 Å². The number of aromatic nitrogens is 2. The van der Waals surface area contributed by atoms with Crippen molar-refractivity contribution in [3.63, 3.8) is 0 Å². The fourth-order valence-corrected chi connectivity index (χ4v) is 3.29. The van der Waals surface area contributed by atoms with E-state index in [1.165, 1.54) is 4.57 Å². The van der Waals surface area contributed by atoms with Crippen LogP contribution >= 0.6 is 11.8 Å². The molecule has 0 aliphatic rings. The van der Waals surface area contributed by atoms with E-state index in [0.717, 1.165) is 0 Å². The lowest BCUT2D eigenvalue weighted by molar-refractivity contribution is -0.118. The minimum atomic E-state index is -2.65. The molecule has 0 bridgehead atoms. The van der Waals surface area contributed by atoms with Gasteiger partial charge in [0, 0.05) is 5.69 Å². The van der Waals surface area contributed by atoms with Crippen molar-refractivity contribution >= 4 is 40.3 Å². The molecule has 9 heteroatoms. The first kappa shape index (κ1) is 18.8. The maximum Gasteiger partial charge on any atom is 0.291 e. The van der Waals surface area contributed by atoms with Gasteiger partial charge in [0.05, 0.1) is 17.5 Å². The van der Waals surface area contributed by atoms with Gasteiger partial charge in [0.1, 0.15) is 6.54 Å². The molecular formula is C18H16F2N4O2S. The minimum Gasteiger partial charge on any atom is -0.369 e. The van der Waals surface area contributed by atoms with Crippen LogP contribution in [-0.4, -0.2) is 27.1 Å². The Balaban J connectivity index is 1.85. The zero-order valence-electron chi connectivity index (χ0n) is 14.1. The summed E-state index contributed by atoms with van der Waals surface area (Å²) in [5.41, 5.74) is 7.37. The number of alkyl halides is 2. The standard InChI is InChI=1S/C18H16F2N4O2S/c19-17(20)27-18-23-13-7-3-4-8-14(13)24(18)10-16(26)22-12-6-2-1-5-11(12)9-15(21)25/h1-8,17H,9-10H2,(H2,21,25)(H,22,26). The van der Waals surface area contributed by atoms with Crippen molar-refractivity contribution in [3.05, 3.63) is 54.1 Å². The summed E-state index contributed by atoms with van der Waals surface area (Å²) >= 11 is 0.288. The number of amides is 2. The van der Waals surface area contributed by atoms with Crippen LogP contribution in [0.15, 0.2) is 53.7 Å². The highest BCUT2D eigenvalue weighted by Crippen LogP contribution is 2.28. The zero-order chi connectivity index (χ0) is 19.4. The number of nitrogens with one attached hydrogen (secondary N) is 1. The number of nitrogens with zero attached hydrogens (tertiary/aromatic N) is 2. The lowest BCUT2D eigenvalue weighted by Crippen LogP contribution is -2.21. The molecular weight excluding hydrogens is 374 g/mol. The number of hydrogen-bond acceptors (Lipinski definition) is 4. The molecule has 1 heterocycles. The van der Waals surface area contributed by atoms with E-state index in [0.29, 0.717) is 22.3 Å². The Morgan fingerprint density at radius 1 is 1.15 bits per heavy atom. The maximum atomic E-state index is 12.9. The van der Waals surface area contributed by atoms with Gasteiger partial charge in [-0.15, -0.1) is 0 Å². The molecule has 0 atom stereocenters. The van der Waals surface area contributed by atoms with Crippen LogP contribution in [-0.2, 0) is 22.6 Å². The van der Waals surface area contributed by atoms with Gasteiger partial charge in [0.2, 0.25) is 11.8 Å². The Morgan fingerprint density at radius 2 is 1.85 bits per heavy atom. The number of carbonyl (C=O) groups is 2. The van der Waals surface area contributed by atoms with Gasteiger partial charge >= 0.3 is 0 Å². The molecule has 2 amide bonds. The number of nitrogens with two attached hydrogens (primary N) is 1. The van der Waals surface area contributed by atoms with Crippen molar-refractivity contribution in [1.82, 2.24) is 9.55 Å². The van der Waals surface area contributed by atoms with Gasteiger partial charge in [0.15, 0.2) is 5.16 Å². The number of halogens is 2. The van der Waals surface area contributed by atoms with Crippen molar-refractivity contribution in [2.24, 2.45) is 5.73 Å². The Bertz CT molecular complexity index is 990. The van der Waals surface area contributed by atoms with E-state index in [9.17, 15) is 18.4 Å². The predicted octanol–water partition coefficient (Wildman–Crippen LogP) is 3.02. The monoisotopic (exact) mass is 390 g/mol. The van der Waals surface area contributed by atoms with E-state index in [4.69, 9.17) is 5.73 Å². The summed E-state index contributed by atoms with van der Waals surface area (Å²) in [5.74, 6) is -3.60. The topological polar surface area (TPSA) is 90.0 Å². The highest BCUT2D eigenvalue weighted by Gasteiger charge is 2.18. The van der Waals surface area contributed by atoms with Crippen molar-refractivity contribution < 1.29 is 18.4 Å². The van der Waals surface area contributed by atoms with Gasteiger partial charge in [-0.25, -0.2) is 4.98 Å². The number of para-hydroxylation sites is 3. The number of fused-ring (bicyclic) bond motifs is 1. The molecule has 6 nitrogen and oxygen atoms in total. The summed E-state index contributed by atoms with van der Waals surface area (Å²) in [6, 6.07) is 13.7. The second kappa shape index (κ2) is 8.17. The molecule has 2 aromatic carbocycles. The largest absolute Gasteiger partial charge is 0.369 e. The first-order chi connectivity index (χ1) is 12.9. The molecule has 0 spiro atoms. The molecule has 27 heavy (non-hydrogen) atoms. The maximum absolute atomic E-state index is 12.9. The Kier molecular flexibility index (Phi) is 5.70. The van der Waals surface area contributed by atoms with E-state index in [1.54, 1.807) is 48.5 Å². The highest BCUT2D eigenvalue weighted by atomic mass is 32.2. The first-order valence-corrected chi connectivity index (χ1v) is 8.88. The van der Waals surface area contributed by atoms with Crippen molar-refractivity contribution in [2.45, 2.75) is 23.9 Å². The molecule has 140 valence electrons. The smallest absolute Gasteiger partial charge is 0.291 e. The number of rotatable bonds is 7. The van der Waals surface area contributed by atoms with E-state index in [-0.39, 0.29) is 29.9 Å². The molecule has 0 unspecified atom stereocenters. The van der Waals surface area contributed by atoms with E-state index < -0.39 is 17.6 Å². The Morgan fingerprint density at radius 3 is 2.59 bits per heavy atom. The highest BCUT2D eigenvalue weighted by molar-refractivity contribution is 7.99. The van der Waals surface area contributed by atoms with Crippen molar-refractivity contribution in [1.29, 1.82) is 0 Å². The molecule has 3 aromatic rings. The third kappa shape index (κ3) is 4.62. The average Bonchev–Trinajstić information content (AvgIpc) is 2.93. The second-order valence-electron chi connectivity index (χ2n) is 5.70. The lowest BCUT2D eigenvalue weighted by atomic mass is 10.1. The average molecular weight is 390 g/mol. The Hall–Kier alpha value is -2.94. The number of imidazole rings is 1. The molecule has 0 fully saturated rings. The van der Waals surface area contributed by atoms with Gasteiger partial charge in [0.25, 0.3) is 5.76 Å². The van der Waals surface area contributed by atoms with Gasteiger partial charge in [-0.05, 0) is 35.5 Å². The summed E-state index contributed by atoms with van der Waals surface area (Å²) in [4.78, 5) is 27.9. The summed E-state index contributed by atoms with van der Waals surface area (Å²) in [7, 11) is 0. The van der Waals surface area contributed by atoms with E-state index in [1.807, 2.05) is 0 Å². The van der Waals surface area contributed by atoms with E-state index in [2.05, 4.69) is 10.3 Å². The Labute approximate surface area is 157 Å². The van der Waals surface area contributed by atoms with Crippen LogP contribution < -0.4 is 11.1 Å². The van der Waals surface area contributed by atoms with Crippen LogP contribution in [0.1, 0.15) is 5.56 Å². The van der Waals surface area contributed by atoms with Crippen molar-refractivity contribution in [3.8, 4) is 0 Å². The van der Waals surface area contributed by atoms with Crippen LogP contribution in [0.4, 0.5) is 14.5 Å². The van der Waals surface area contributed by atoms with Gasteiger partial charge < -0.3 is 15.6 Å². The summed E-state index contributed by atoms with van der Waals surface area (Å²) < 4.78 is 27.1. The van der Waals surface area contributed by atoms with Crippen LogP contribution in [0.3, 0.4) is 0 Å². The predicted molar refractivity (Wildman–Crippen MR) is 99.6 cm³/mol. The van der Waals surface area contributed by atoms with E-state index >= 15 is 0 Å². The summed E-state index contributed by atoms with van der Waals surface area (Å²) in [5, 5.41) is 2.77. The van der Waals surface area contributed by atoms with Crippen LogP contribution in [0.2, 0.25) is 0 Å². The van der Waals surface area contributed by atoms with Crippen LogP contribution in [0.25, 0.3) is 11.0 Å². The fraction of sp³-hybridized carbons (Fsp3) is 0.167.